The molecule has 0 radical (unpaired) electrons. The molecule has 28 heavy (non-hydrogen) atoms. The van der Waals surface area contributed by atoms with Crippen LogP contribution in [0.2, 0.25) is 0 Å². The van der Waals surface area contributed by atoms with Crippen LogP contribution in [0.4, 0.5) is 11.5 Å². The summed E-state index contributed by atoms with van der Waals surface area (Å²) in [5, 5.41) is 4.83. The van der Waals surface area contributed by atoms with E-state index >= 15 is 0 Å². The smallest absolute Gasteiger partial charge is 0.265 e. The first-order valence-electron chi connectivity index (χ1n) is 9.55. The van der Waals surface area contributed by atoms with Gasteiger partial charge in [0.15, 0.2) is 5.16 Å². The number of anilines is 2. The zero-order valence-electron chi connectivity index (χ0n) is 16.4. The molecule has 2 aromatic heterocycles. The second-order valence-corrected chi connectivity index (χ2v) is 8.94. The highest BCUT2D eigenvalue weighted by Crippen LogP contribution is 2.34. The molecular formula is C21H24N4OS2. The second kappa shape index (κ2) is 8.09. The van der Waals surface area contributed by atoms with E-state index in [1.165, 1.54) is 30.6 Å². The minimum Gasteiger partial charge on any atom is -0.356 e. The van der Waals surface area contributed by atoms with E-state index in [-0.39, 0.29) is 5.91 Å². The molecule has 1 aliphatic heterocycles. The lowest BCUT2D eigenvalue weighted by atomic mass is 10.1. The Balaban J connectivity index is 1.71. The molecule has 0 bridgehead atoms. The molecule has 1 N–H and O–H groups in total. The molecule has 3 heterocycles. The highest BCUT2D eigenvalue weighted by atomic mass is 32.2. The van der Waals surface area contributed by atoms with Crippen molar-refractivity contribution < 1.29 is 4.79 Å². The molecule has 1 fully saturated rings. The average Bonchev–Trinajstić information content (AvgIpc) is 3.15. The summed E-state index contributed by atoms with van der Waals surface area (Å²) in [5.74, 6) is 0.882. The monoisotopic (exact) mass is 412 g/mol. The summed E-state index contributed by atoms with van der Waals surface area (Å²) in [6.45, 7) is 6.05. The first-order valence-corrected chi connectivity index (χ1v) is 11.6. The second-order valence-electron chi connectivity index (χ2n) is 7.13. The van der Waals surface area contributed by atoms with E-state index in [1.54, 1.807) is 11.8 Å². The van der Waals surface area contributed by atoms with Gasteiger partial charge in [0.2, 0.25) is 0 Å². The Morgan fingerprint density at radius 1 is 1.14 bits per heavy atom. The Hall–Kier alpha value is -2.12. The minimum atomic E-state index is -0.0873. The molecule has 0 unspecified atom stereocenters. The van der Waals surface area contributed by atoms with E-state index in [0.717, 1.165) is 51.1 Å². The van der Waals surface area contributed by atoms with Gasteiger partial charge in [-0.3, -0.25) is 4.79 Å². The molecule has 0 atom stereocenters. The van der Waals surface area contributed by atoms with Crippen molar-refractivity contribution in [3.05, 3.63) is 40.3 Å². The van der Waals surface area contributed by atoms with Crippen LogP contribution in [-0.4, -0.2) is 35.2 Å². The lowest BCUT2D eigenvalue weighted by molar-refractivity contribution is 0.103. The van der Waals surface area contributed by atoms with Crippen molar-refractivity contribution in [2.75, 3.05) is 29.6 Å². The molecule has 5 nitrogen and oxygen atoms in total. The third kappa shape index (κ3) is 3.73. The number of thiophene rings is 1. The standard InChI is InChI=1S/C21H24N4OS2/c1-13-8-7-9-14(2)17(13)22-19(26)16-12-15-18(25-10-5-4-6-11-25)23-21(27-3)24-20(15)28-16/h7-9,12H,4-6,10-11H2,1-3H3,(H,22,26). The van der Waals surface area contributed by atoms with Crippen LogP contribution in [0.15, 0.2) is 29.4 Å². The van der Waals surface area contributed by atoms with E-state index < -0.39 is 0 Å². The number of fused-ring (bicyclic) bond motifs is 1. The van der Waals surface area contributed by atoms with Gasteiger partial charge in [0.05, 0.1) is 10.3 Å². The number of carbonyl (C=O) groups excluding carboxylic acids is 1. The first-order chi connectivity index (χ1) is 13.6. The summed E-state index contributed by atoms with van der Waals surface area (Å²) in [7, 11) is 0. The van der Waals surface area contributed by atoms with Gasteiger partial charge in [-0.2, -0.15) is 0 Å². The van der Waals surface area contributed by atoms with Crippen molar-refractivity contribution in [3.63, 3.8) is 0 Å². The largest absolute Gasteiger partial charge is 0.356 e. The van der Waals surface area contributed by atoms with Crippen LogP contribution >= 0.6 is 23.1 Å². The van der Waals surface area contributed by atoms with Gasteiger partial charge in [0, 0.05) is 18.8 Å². The zero-order chi connectivity index (χ0) is 19.7. The number of hydrogen-bond acceptors (Lipinski definition) is 6. The first kappa shape index (κ1) is 19.2. The number of para-hydroxylation sites is 1. The molecular weight excluding hydrogens is 388 g/mol. The van der Waals surface area contributed by atoms with Crippen molar-refractivity contribution >= 4 is 50.7 Å². The molecule has 4 rings (SSSR count). The van der Waals surface area contributed by atoms with Gasteiger partial charge in [-0.05, 0) is 56.6 Å². The fourth-order valence-corrected chi connectivity index (χ4v) is 4.96. The van der Waals surface area contributed by atoms with Crippen LogP contribution < -0.4 is 10.2 Å². The van der Waals surface area contributed by atoms with E-state index in [9.17, 15) is 4.79 Å². The van der Waals surface area contributed by atoms with Crippen LogP contribution in [0.1, 0.15) is 40.1 Å². The maximum atomic E-state index is 13.0. The van der Waals surface area contributed by atoms with Gasteiger partial charge in [0.1, 0.15) is 10.6 Å². The molecule has 1 aliphatic rings. The predicted octanol–water partition coefficient (Wildman–Crippen LogP) is 5.27. The summed E-state index contributed by atoms with van der Waals surface area (Å²) in [5.41, 5.74) is 3.01. The summed E-state index contributed by atoms with van der Waals surface area (Å²) in [4.78, 5) is 26.3. The van der Waals surface area contributed by atoms with Gasteiger partial charge in [-0.15, -0.1) is 11.3 Å². The Morgan fingerprint density at radius 3 is 2.54 bits per heavy atom. The molecule has 3 aromatic rings. The quantitative estimate of drug-likeness (QED) is 0.467. The number of rotatable bonds is 4. The SMILES string of the molecule is CSc1nc(N2CCCCC2)c2cc(C(=O)Nc3c(C)cccc3C)sc2n1. The van der Waals surface area contributed by atoms with E-state index in [4.69, 9.17) is 4.98 Å². The molecule has 0 spiro atoms. The number of aryl methyl sites for hydroxylation is 2. The van der Waals surface area contributed by atoms with Gasteiger partial charge >= 0.3 is 0 Å². The number of carbonyl (C=O) groups is 1. The maximum Gasteiger partial charge on any atom is 0.265 e. The third-order valence-corrected chi connectivity index (χ3v) is 6.71. The van der Waals surface area contributed by atoms with E-state index in [2.05, 4.69) is 15.2 Å². The number of aromatic nitrogens is 2. The third-order valence-electron chi connectivity index (χ3n) is 5.13. The normalized spacial score (nSPS) is 14.5. The summed E-state index contributed by atoms with van der Waals surface area (Å²) < 4.78 is 0. The lowest BCUT2D eigenvalue weighted by Gasteiger charge is -2.28. The molecule has 146 valence electrons. The fourth-order valence-electron chi connectivity index (χ4n) is 3.62. The van der Waals surface area contributed by atoms with E-state index in [1.807, 2.05) is 44.4 Å². The van der Waals surface area contributed by atoms with Crippen LogP contribution in [0.3, 0.4) is 0 Å². The highest BCUT2D eigenvalue weighted by molar-refractivity contribution is 7.98. The topological polar surface area (TPSA) is 58.1 Å². The molecule has 7 heteroatoms. The number of hydrogen-bond donors (Lipinski definition) is 1. The molecule has 0 aliphatic carbocycles. The van der Waals surface area contributed by atoms with Crippen molar-refractivity contribution in [2.45, 2.75) is 38.3 Å². The lowest BCUT2D eigenvalue weighted by Crippen LogP contribution is -2.30. The van der Waals surface area contributed by atoms with Crippen LogP contribution in [-0.2, 0) is 0 Å². The van der Waals surface area contributed by atoms with Gasteiger partial charge in [0.25, 0.3) is 5.91 Å². The predicted molar refractivity (Wildman–Crippen MR) is 119 cm³/mol. The number of thioether (sulfide) groups is 1. The van der Waals surface area contributed by atoms with Crippen LogP contribution in [0, 0.1) is 13.8 Å². The molecule has 1 amide bonds. The fraction of sp³-hybridized carbons (Fsp3) is 0.381. The van der Waals surface area contributed by atoms with Crippen molar-refractivity contribution in [1.29, 1.82) is 0 Å². The van der Waals surface area contributed by atoms with Crippen molar-refractivity contribution in [3.8, 4) is 0 Å². The Labute approximate surface area is 173 Å². The Bertz CT molecular complexity index is 1000. The zero-order valence-corrected chi connectivity index (χ0v) is 18.0. The summed E-state index contributed by atoms with van der Waals surface area (Å²) >= 11 is 2.98. The number of nitrogens with zero attached hydrogens (tertiary/aromatic N) is 3. The average molecular weight is 413 g/mol. The van der Waals surface area contributed by atoms with Gasteiger partial charge in [-0.1, -0.05) is 30.0 Å². The van der Waals surface area contributed by atoms with Crippen molar-refractivity contribution in [2.24, 2.45) is 0 Å². The molecule has 1 saturated heterocycles. The molecule has 1 aromatic carbocycles. The summed E-state index contributed by atoms with van der Waals surface area (Å²) in [6.07, 6.45) is 5.63. The molecule has 0 saturated carbocycles. The van der Waals surface area contributed by atoms with Crippen LogP contribution in [0.25, 0.3) is 10.2 Å². The number of benzene rings is 1. The highest BCUT2D eigenvalue weighted by Gasteiger charge is 2.21. The number of nitrogens with one attached hydrogen (secondary N) is 1. The maximum absolute atomic E-state index is 13.0. The Morgan fingerprint density at radius 2 is 1.86 bits per heavy atom. The number of amides is 1. The van der Waals surface area contributed by atoms with E-state index in [0.29, 0.717) is 4.88 Å². The van der Waals surface area contributed by atoms with Gasteiger partial charge < -0.3 is 10.2 Å². The van der Waals surface area contributed by atoms with Crippen LogP contribution in [0.5, 0.6) is 0 Å². The Kier molecular flexibility index (Phi) is 5.55. The van der Waals surface area contributed by atoms with Gasteiger partial charge in [-0.25, -0.2) is 9.97 Å². The number of piperidine rings is 1. The summed E-state index contributed by atoms with van der Waals surface area (Å²) in [6, 6.07) is 7.98. The van der Waals surface area contributed by atoms with Crippen molar-refractivity contribution in [1.82, 2.24) is 9.97 Å². The minimum absolute atomic E-state index is 0.0873.